The van der Waals surface area contributed by atoms with Crippen molar-refractivity contribution in [1.29, 1.82) is 0 Å². The quantitative estimate of drug-likeness (QED) is 0.829. The standard InChI is InChI=1S/C11H14ClNO2S/c12-10-6-8(3-4-11(10)13)16(14)9-2-1-5-15-7-9/h3-4,6,9H,1-2,5,7,13H2. The van der Waals surface area contributed by atoms with E-state index in [4.69, 9.17) is 22.1 Å². The molecule has 1 aliphatic heterocycles. The van der Waals surface area contributed by atoms with Gasteiger partial charge in [-0.05, 0) is 31.0 Å². The van der Waals surface area contributed by atoms with Crippen LogP contribution in [0.4, 0.5) is 5.69 Å². The zero-order valence-electron chi connectivity index (χ0n) is 8.82. The first-order chi connectivity index (χ1) is 7.68. The topological polar surface area (TPSA) is 52.3 Å². The second kappa shape index (κ2) is 5.17. The minimum Gasteiger partial charge on any atom is -0.398 e. The lowest BCUT2D eigenvalue weighted by Gasteiger charge is -2.21. The van der Waals surface area contributed by atoms with Crippen molar-refractivity contribution in [3.8, 4) is 0 Å². The fourth-order valence-corrected chi connectivity index (χ4v) is 3.37. The van der Waals surface area contributed by atoms with Crippen molar-refractivity contribution >= 4 is 28.1 Å². The molecule has 0 bridgehead atoms. The van der Waals surface area contributed by atoms with E-state index < -0.39 is 10.8 Å². The molecule has 0 amide bonds. The fraction of sp³-hybridized carbons (Fsp3) is 0.455. The van der Waals surface area contributed by atoms with Gasteiger partial charge in [0, 0.05) is 11.5 Å². The van der Waals surface area contributed by atoms with Gasteiger partial charge < -0.3 is 10.5 Å². The van der Waals surface area contributed by atoms with E-state index in [1.54, 1.807) is 18.2 Å². The lowest BCUT2D eigenvalue weighted by Crippen LogP contribution is -2.26. The third-order valence-corrected chi connectivity index (χ3v) is 4.65. The van der Waals surface area contributed by atoms with Crippen LogP contribution in [0.2, 0.25) is 5.02 Å². The normalized spacial score (nSPS) is 22.9. The summed E-state index contributed by atoms with van der Waals surface area (Å²) in [6.45, 7) is 1.34. The van der Waals surface area contributed by atoms with E-state index in [2.05, 4.69) is 0 Å². The van der Waals surface area contributed by atoms with E-state index in [1.807, 2.05) is 0 Å². The number of nitrogens with two attached hydrogens (primary N) is 1. The van der Waals surface area contributed by atoms with Gasteiger partial charge in [0.1, 0.15) is 0 Å². The third kappa shape index (κ3) is 2.56. The number of halogens is 1. The molecule has 0 saturated carbocycles. The van der Waals surface area contributed by atoms with E-state index in [0.717, 1.165) is 24.3 Å². The van der Waals surface area contributed by atoms with Gasteiger partial charge in [-0.3, -0.25) is 4.21 Å². The van der Waals surface area contributed by atoms with E-state index in [-0.39, 0.29) is 5.25 Å². The summed E-state index contributed by atoms with van der Waals surface area (Å²) in [6, 6.07) is 5.15. The molecule has 1 saturated heterocycles. The number of anilines is 1. The van der Waals surface area contributed by atoms with Crippen LogP contribution in [-0.4, -0.2) is 22.7 Å². The second-order valence-electron chi connectivity index (χ2n) is 3.82. The number of hydrogen-bond donors (Lipinski definition) is 1. The van der Waals surface area contributed by atoms with Crippen LogP contribution in [-0.2, 0) is 15.5 Å². The average molecular weight is 260 g/mol. The van der Waals surface area contributed by atoms with Crippen molar-refractivity contribution < 1.29 is 8.95 Å². The van der Waals surface area contributed by atoms with Crippen LogP contribution >= 0.6 is 11.6 Å². The van der Waals surface area contributed by atoms with Crippen LogP contribution in [0.1, 0.15) is 12.8 Å². The Bertz CT molecular complexity index is 405. The molecule has 2 N–H and O–H groups in total. The van der Waals surface area contributed by atoms with Gasteiger partial charge in [-0.2, -0.15) is 0 Å². The van der Waals surface area contributed by atoms with Gasteiger partial charge in [0.2, 0.25) is 0 Å². The highest BCUT2D eigenvalue weighted by Crippen LogP contribution is 2.25. The Balaban J connectivity index is 2.16. The summed E-state index contributed by atoms with van der Waals surface area (Å²) in [5, 5.41) is 0.538. The second-order valence-corrected chi connectivity index (χ2v) is 5.96. The first kappa shape index (κ1) is 11.9. The monoisotopic (exact) mass is 259 g/mol. The predicted octanol–water partition coefficient (Wildman–Crippen LogP) is 2.21. The minimum absolute atomic E-state index is 0.0773. The maximum absolute atomic E-state index is 12.2. The zero-order valence-corrected chi connectivity index (χ0v) is 10.4. The van der Waals surface area contributed by atoms with E-state index in [0.29, 0.717) is 17.3 Å². The Labute approximate surface area is 102 Å². The molecular formula is C11H14ClNO2S. The predicted molar refractivity (Wildman–Crippen MR) is 66.1 cm³/mol. The molecule has 0 radical (unpaired) electrons. The largest absolute Gasteiger partial charge is 0.398 e. The molecular weight excluding hydrogens is 246 g/mol. The van der Waals surface area contributed by atoms with Gasteiger partial charge >= 0.3 is 0 Å². The van der Waals surface area contributed by atoms with Crippen LogP contribution in [0.15, 0.2) is 23.1 Å². The highest BCUT2D eigenvalue weighted by Gasteiger charge is 2.22. The zero-order chi connectivity index (χ0) is 11.5. The first-order valence-corrected chi connectivity index (χ1v) is 6.81. The van der Waals surface area contributed by atoms with E-state index >= 15 is 0 Å². The van der Waals surface area contributed by atoms with Gasteiger partial charge in [0.25, 0.3) is 0 Å². The van der Waals surface area contributed by atoms with Crippen LogP contribution in [0, 0.1) is 0 Å². The Morgan fingerprint density at radius 1 is 1.50 bits per heavy atom. The molecule has 0 aliphatic carbocycles. The van der Waals surface area contributed by atoms with Gasteiger partial charge in [-0.1, -0.05) is 11.6 Å². The van der Waals surface area contributed by atoms with Gasteiger partial charge in [0.15, 0.2) is 0 Å². The fourth-order valence-electron chi connectivity index (χ4n) is 1.71. The minimum atomic E-state index is -1.05. The Morgan fingerprint density at radius 3 is 2.94 bits per heavy atom. The summed E-state index contributed by atoms with van der Waals surface area (Å²) < 4.78 is 17.5. The smallest absolute Gasteiger partial charge is 0.0647 e. The average Bonchev–Trinajstić information content (AvgIpc) is 2.33. The molecule has 1 heterocycles. The molecule has 88 valence electrons. The summed E-state index contributed by atoms with van der Waals surface area (Å²) in [5.74, 6) is 0. The Kier molecular flexibility index (Phi) is 3.84. The van der Waals surface area contributed by atoms with Crippen LogP contribution < -0.4 is 5.73 Å². The maximum atomic E-state index is 12.2. The highest BCUT2D eigenvalue weighted by molar-refractivity contribution is 7.85. The Hall–Kier alpha value is -0.580. The number of hydrogen-bond acceptors (Lipinski definition) is 3. The molecule has 2 unspecified atom stereocenters. The first-order valence-electron chi connectivity index (χ1n) is 5.22. The number of nitrogen functional groups attached to an aromatic ring is 1. The van der Waals surface area contributed by atoms with Gasteiger partial charge in [0.05, 0.1) is 33.4 Å². The molecule has 0 aromatic heterocycles. The summed E-state index contributed by atoms with van der Waals surface area (Å²) in [4.78, 5) is 0.731. The number of benzene rings is 1. The maximum Gasteiger partial charge on any atom is 0.0647 e. The molecule has 0 spiro atoms. The lowest BCUT2D eigenvalue weighted by atomic mass is 10.2. The van der Waals surface area contributed by atoms with Crippen molar-refractivity contribution in [3.63, 3.8) is 0 Å². The van der Waals surface area contributed by atoms with Gasteiger partial charge in [-0.25, -0.2) is 0 Å². The van der Waals surface area contributed by atoms with Crippen LogP contribution in [0.3, 0.4) is 0 Å². The van der Waals surface area contributed by atoms with Crippen LogP contribution in [0.25, 0.3) is 0 Å². The molecule has 1 aromatic rings. The number of ether oxygens (including phenoxy) is 1. The summed E-state index contributed by atoms with van der Waals surface area (Å²) in [6.07, 6.45) is 1.91. The molecule has 16 heavy (non-hydrogen) atoms. The molecule has 2 atom stereocenters. The summed E-state index contributed by atoms with van der Waals surface area (Å²) in [5.41, 5.74) is 6.13. The van der Waals surface area contributed by atoms with Crippen molar-refractivity contribution in [2.75, 3.05) is 18.9 Å². The molecule has 3 nitrogen and oxygen atoms in total. The highest BCUT2D eigenvalue weighted by atomic mass is 35.5. The van der Waals surface area contributed by atoms with Crippen molar-refractivity contribution in [2.45, 2.75) is 23.0 Å². The SMILES string of the molecule is Nc1ccc(S(=O)C2CCCOC2)cc1Cl. The molecule has 1 aliphatic rings. The molecule has 2 rings (SSSR count). The number of rotatable bonds is 2. The van der Waals surface area contributed by atoms with Crippen molar-refractivity contribution in [2.24, 2.45) is 0 Å². The van der Waals surface area contributed by atoms with Crippen LogP contribution in [0.5, 0.6) is 0 Å². The van der Waals surface area contributed by atoms with E-state index in [9.17, 15) is 4.21 Å². The van der Waals surface area contributed by atoms with E-state index in [1.165, 1.54) is 0 Å². The lowest BCUT2D eigenvalue weighted by molar-refractivity contribution is 0.100. The summed E-state index contributed by atoms with van der Waals surface area (Å²) >= 11 is 5.91. The third-order valence-electron chi connectivity index (χ3n) is 2.63. The van der Waals surface area contributed by atoms with Crippen molar-refractivity contribution in [3.05, 3.63) is 23.2 Å². The summed E-state index contributed by atoms with van der Waals surface area (Å²) in [7, 11) is -1.05. The molecule has 1 fully saturated rings. The van der Waals surface area contributed by atoms with Crippen molar-refractivity contribution in [1.82, 2.24) is 0 Å². The molecule has 1 aromatic carbocycles. The molecule has 5 heteroatoms. The van der Waals surface area contributed by atoms with Gasteiger partial charge in [-0.15, -0.1) is 0 Å². The Morgan fingerprint density at radius 2 is 2.31 bits per heavy atom.